The van der Waals surface area contributed by atoms with Gasteiger partial charge < -0.3 is 5.32 Å². The van der Waals surface area contributed by atoms with Gasteiger partial charge >= 0.3 is 0 Å². The third-order valence-electron chi connectivity index (χ3n) is 2.62. The zero-order valence-electron chi connectivity index (χ0n) is 10.0. The van der Waals surface area contributed by atoms with Gasteiger partial charge in [-0.3, -0.25) is 4.79 Å². The number of carbonyl (C=O) groups excluding carboxylic acids is 1. The molecule has 0 aromatic heterocycles. The number of halogens is 3. The van der Waals surface area contributed by atoms with Gasteiger partial charge in [-0.2, -0.15) is 0 Å². The summed E-state index contributed by atoms with van der Waals surface area (Å²) in [5, 5.41) is 2.42. The highest BCUT2D eigenvalue weighted by atomic mass is 79.9. The molecule has 0 spiro atoms. The maximum absolute atomic E-state index is 13.4. The molecule has 2 nitrogen and oxygen atoms in total. The second-order valence-electron chi connectivity index (χ2n) is 4.04. The van der Waals surface area contributed by atoms with E-state index in [1.165, 1.54) is 6.07 Å². The first-order chi connectivity index (χ1) is 8.97. The Labute approximate surface area is 117 Å². The Morgan fingerprint density at radius 1 is 1.16 bits per heavy atom. The smallest absolute Gasteiger partial charge is 0.256 e. The van der Waals surface area contributed by atoms with Gasteiger partial charge in [-0.1, -0.05) is 22.0 Å². The minimum atomic E-state index is -0.805. The van der Waals surface area contributed by atoms with E-state index in [-0.39, 0.29) is 5.69 Å². The summed E-state index contributed by atoms with van der Waals surface area (Å²) in [5.74, 6) is -1.93. The van der Waals surface area contributed by atoms with Crippen molar-refractivity contribution in [2.45, 2.75) is 6.92 Å². The molecule has 19 heavy (non-hydrogen) atoms. The Bertz CT molecular complexity index is 643. The van der Waals surface area contributed by atoms with Gasteiger partial charge in [0.15, 0.2) is 0 Å². The molecule has 98 valence electrons. The molecule has 2 rings (SSSR count). The van der Waals surface area contributed by atoms with Crippen LogP contribution in [0.15, 0.2) is 40.9 Å². The predicted octanol–water partition coefficient (Wildman–Crippen LogP) is 4.29. The standard InChI is InChI=1S/C14H10BrF2NO/c1-8-2-3-9(15)6-11(8)14(19)18-13-5-4-10(16)7-12(13)17/h2-7H,1H3,(H,18,19). The first-order valence-corrected chi connectivity index (χ1v) is 6.29. The number of nitrogens with one attached hydrogen (secondary N) is 1. The fourth-order valence-electron chi connectivity index (χ4n) is 1.62. The topological polar surface area (TPSA) is 29.1 Å². The van der Waals surface area contributed by atoms with Crippen molar-refractivity contribution in [3.63, 3.8) is 0 Å². The fourth-order valence-corrected chi connectivity index (χ4v) is 1.98. The van der Waals surface area contributed by atoms with E-state index in [0.717, 1.165) is 22.2 Å². The fraction of sp³-hybridized carbons (Fsp3) is 0.0714. The first-order valence-electron chi connectivity index (χ1n) is 5.50. The van der Waals surface area contributed by atoms with Crippen molar-refractivity contribution in [2.75, 3.05) is 5.32 Å². The summed E-state index contributed by atoms with van der Waals surface area (Å²) >= 11 is 3.27. The third kappa shape index (κ3) is 3.17. The van der Waals surface area contributed by atoms with Crippen LogP contribution in [-0.4, -0.2) is 5.91 Å². The molecule has 0 heterocycles. The number of hydrogen-bond donors (Lipinski definition) is 1. The number of amides is 1. The molecule has 0 atom stereocenters. The van der Waals surface area contributed by atoms with Crippen molar-refractivity contribution in [3.05, 3.63) is 63.6 Å². The Morgan fingerprint density at radius 2 is 1.89 bits per heavy atom. The molecule has 2 aromatic carbocycles. The lowest BCUT2D eigenvalue weighted by Crippen LogP contribution is -2.14. The molecule has 0 radical (unpaired) electrons. The minimum absolute atomic E-state index is 0.0502. The van der Waals surface area contributed by atoms with Gasteiger partial charge in [-0.05, 0) is 36.8 Å². The van der Waals surface area contributed by atoms with Gasteiger partial charge in [-0.15, -0.1) is 0 Å². The largest absolute Gasteiger partial charge is 0.319 e. The van der Waals surface area contributed by atoms with Gasteiger partial charge in [0.25, 0.3) is 5.91 Å². The quantitative estimate of drug-likeness (QED) is 0.876. The molecule has 0 fully saturated rings. The van der Waals surface area contributed by atoms with Crippen LogP contribution in [0.5, 0.6) is 0 Å². The minimum Gasteiger partial charge on any atom is -0.319 e. The van der Waals surface area contributed by atoms with Crippen LogP contribution < -0.4 is 5.32 Å². The maximum atomic E-state index is 13.4. The summed E-state index contributed by atoms with van der Waals surface area (Å²) in [6, 6.07) is 8.24. The van der Waals surface area contributed by atoms with E-state index in [4.69, 9.17) is 0 Å². The van der Waals surface area contributed by atoms with Gasteiger partial charge in [0.2, 0.25) is 0 Å². The first kappa shape index (κ1) is 13.7. The highest BCUT2D eigenvalue weighted by Crippen LogP contribution is 2.19. The molecule has 0 bridgehead atoms. The zero-order chi connectivity index (χ0) is 14.0. The predicted molar refractivity (Wildman–Crippen MR) is 73.2 cm³/mol. The van der Waals surface area contributed by atoms with Gasteiger partial charge in [0, 0.05) is 16.1 Å². The number of hydrogen-bond acceptors (Lipinski definition) is 1. The van der Waals surface area contributed by atoms with E-state index < -0.39 is 17.5 Å². The summed E-state index contributed by atoms with van der Waals surface area (Å²) in [6.07, 6.45) is 0. The highest BCUT2D eigenvalue weighted by Gasteiger charge is 2.12. The molecule has 1 N–H and O–H groups in total. The van der Waals surface area contributed by atoms with Crippen LogP contribution in [0, 0.1) is 18.6 Å². The Balaban J connectivity index is 2.28. The van der Waals surface area contributed by atoms with E-state index >= 15 is 0 Å². The van der Waals surface area contributed by atoms with Crippen LogP contribution in [-0.2, 0) is 0 Å². The molecule has 0 aliphatic heterocycles. The highest BCUT2D eigenvalue weighted by molar-refractivity contribution is 9.10. The normalized spacial score (nSPS) is 10.3. The molecular formula is C14H10BrF2NO. The summed E-state index contributed by atoms with van der Waals surface area (Å²) in [5.41, 5.74) is 1.15. The average molecular weight is 326 g/mol. The number of rotatable bonds is 2. The Kier molecular flexibility index (Phi) is 3.95. The van der Waals surface area contributed by atoms with E-state index in [9.17, 15) is 13.6 Å². The van der Waals surface area contributed by atoms with Crippen molar-refractivity contribution in [3.8, 4) is 0 Å². The molecule has 1 amide bonds. The van der Waals surface area contributed by atoms with Gasteiger partial charge in [-0.25, -0.2) is 8.78 Å². The summed E-state index contributed by atoms with van der Waals surface area (Å²) in [4.78, 5) is 12.0. The van der Waals surface area contributed by atoms with E-state index in [0.29, 0.717) is 5.56 Å². The molecular weight excluding hydrogens is 316 g/mol. The van der Waals surface area contributed by atoms with Crippen LogP contribution in [0.4, 0.5) is 14.5 Å². The van der Waals surface area contributed by atoms with Crippen molar-refractivity contribution >= 4 is 27.5 Å². The molecule has 2 aromatic rings. The van der Waals surface area contributed by atoms with Crippen molar-refractivity contribution in [1.82, 2.24) is 0 Å². The molecule has 0 saturated carbocycles. The van der Waals surface area contributed by atoms with Crippen LogP contribution in [0.25, 0.3) is 0 Å². The van der Waals surface area contributed by atoms with Crippen molar-refractivity contribution in [1.29, 1.82) is 0 Å². The summed E-state index contributed by atoms with van der Waals surface area (Å²) < 4.78 is 27.0. The zero-order valence-corrected chi connectivity index (χ0v) is 11.6. The molecule has 0 aliphatic carbocycles. The summed E-state index contributed by atoms with van der Waals surface area (Å²) in [7, 11) is 0. The molecule has 0 aliphatic rings. The second-order valence-corrected chi connectivity index (χ2v) is 4.95. The number of carbonyl (C=O) groups is 1. The third-order valence-corrected chi connectivity index (χ3v) is 3.12. The van der Waals surface area contributed by atoms with Crippen LogP contribution >= 0.6 is 15.9 Å². The van der Waals surface area contributed by atoms with E-state index in [1.54, 1.807) is 19.1 Å². The average Bonchev–Trinajstić information content (AvgIpc) is 2.35. The van der Waals surface area contributed by atoms with Crippen LogP contribution in [0.1, 0.15) is 15.9 Å². The van der Waals surface area contributed by atoms with Crippen LogP contribution in [0.2, 0.25) is 0 Å². The number of aryl methyl sites for hydroxylation is 1. The second kappa shape index (κ2) is 5.48. The van der Waals surface area contributed by atoms with Gasteiger partial charge in [0.1, 0.15) is 11.6 Å². The lowest BCUT2D eigenvalue weighted by Gasteiger charge is -2.09. The van der Waals surface area contributed by atoms with Crippen molar-refractivity contribution in [2.24, 2.45) is 0 Å². The molecule has 0 saturated heterocycles. The van der Waals surface area contributed by atoms with Crippen LogP contribution in [0.3, 0.4) is 0 Å². The van der Waals surface area contributed by atoms with Crippen molar-refractivity contribution < 1.29 is 13.6 Å². The molecule has 0 unspecified atom stereocenters. The molecule has 5 heteroatoms. The maximum Gasteiger partial charge on any atom is 0.256 e. The monoisotopic (exact) mass is 325 g/mol. The van der Waals surface area contributed by atoms with E-state index in [1.807, 2.05) is 6.07 Å². The Morgan fingerprint density at radius 3 is 2.58 bits per heavy atom. The van der Waals surface area contributed by atoms with E-state index in [2.05, 4.69) is 21.2 Å². The SMILES string of the molecule is Cc1ccc(Br)cc1C(=O)Nc1ccc(F)cc1F. The summed E-state index contributed by atoms with van der Waals surface area (Å²) in [6.45, 7) is 1.78. The lowest BCUT2D eigenvalue weighted by molar-refractivity contribution is 0.102. The lowest BCUT2D eigenvalue weighted by atomic mass is 10.1. The number of benzene rings is 2. The van der Waals surface area contributed by atoms with Gasteiger partial charge in [0.05, 0.1) is 5.69 Å². The Hall–Kier alpha value is -1.75. The number of anilines is 1.